The molecule has 0 bridgehead atoms. The first kappa shape index (κ1) is 9.36. The van der Waals surface area contributed by atoms with Crippen LogP contribution in [0.2, 0.25) is 0 Å². The topological polar surface area (TPSA) is 38.0 Å². The first-order valence-electron chi connectivity index (χ1n) is 5.33. The summed E-state index contributed by atoms with van der Waals surface area (Å²) in [6, 6.07) is 12.4. The van der Waals surface area contributed by atoms with Crippen LogP contribution in [0.4, 0.5) is 0 Å². The van der Waals surface area contributed by atoms with Gasteiger partial charge < -0.3 is 9.67 Å². The molecule has 3 nitrogen and oxygen atoms in total. The van der Waals surface area contributed by atoms with Crippen LogP contribution in [-0.2, 0) is 6.54 Å². The van der Waals surface area contributed by atoms with Gasteiger partial charge in [-0.15, -0.1) is 0 Å². The van der Waals surface area contributed by atoms with E-state index in [1.807, 2.05) is 16.7 Å². The largest absolute Gasteiger partial charge is 0.395 e. The minimum Gasteiger partial charge on any atom is -0.395 e. The van der Waals surface area contributed by atoms with Crippen molar-refractivity contribution in [2.75, 3.05) is 6.61 Å². The second-order valence-corrected chi connectivity index (χ2v) is 3.82. The van der Waals surface area contributed by atoms with Gasteiger partial charge in [0.1, 0.15) is 0 Å². The van der Waals surface area contributed by atoms with Crippen molar-refractivity contribution in [3.63, 3.8) is 0 Å². The van der Waals surface area contributed by atoms with Crippen LogP contribution >= 0.6 is 0 Å². The van der Waals surface area contributed by atoms with E-state index < -0.39 is 0 Å². The number of imidazole rings is 1. The fourth-order valence-corrected chi connectivity index (χ4v) is 2.09. The van der Waals surface area contributed by atoms with E-state index in [9.17, 15) is 0 Å². The summed E-state index contributed by atoms with van der Waals surface area (Å²) in [5.74, 6) is 0. The molecule has 3 heteroatoms. The molecule has 80 valence electrons. The first-order chi connectivity index (χ1) is 7.90. The molecule has 0 aliphatic heterocycles. The van der Waals surface area contributed by atoms with Crippen molar-refractivity contribution in [1.29, 1.82) is 0 Å². The average Bonchev–Trinajstić information content (AvgIpc) is 2.73. The number of fused-ring (bicyclic) bond motifs is 3. The van der Waals surface area contributed by atoms with E-state index in [1.165, 1.54) is 5.39 Å². The van der Waals surface area contributed by atoms with Gasteiger partial charge in [0.05, 0.1) is 24.0 Å². The van der Waals surface area contributed by atoms with Crippen LogP contribution in [0.25, 0.3) is 21.8 Å². The standard InChI is InChI=1S/C13H12N2O/c16-8-7-15-9-14-13-11-4-2-1-3-10(11)5-6-12(13)15/h1-6,9,16H,7-8H2. The molecule has 0 fully saturated rings. The van der Waals surface area contributed by atoms with Gasteiger partial charge in [-0.25, -0.2) is 4.98 Å². The molecule has 0 aliphatic rings. The summed E-state index contributed by atoms with van der Waals surface area (Å²) in [5, 5.41) is 11.3. The molecule has 0 aliphatic carbocycles. The number of nitrogens with zero attached hydrogens (tertiary/aromatic N) is 2. The van der Waals surface area contributed by atoms with Gasteiger partial charge in [-0.3, -0.25) is 0 Å². The molecule has 0 radical (unpaired) electrons. The number of hydrogen-bond donors (Lipinski definition) is 1. The van der Waals surface area contributed by atoms with Crippen molar-refractivity contribution in [2.24, 2.45) is 0 Å². The zero-order chi connectivity index (χ0) is 11.0. The number of rotatable bonds is 2. The second kappa shape index (κ2) is 3.61. The van der Waals surface area contributed by atoms with Crippen molar-refractivity contribution in [1.82, 2.24) is 9.55 Å². The first-order valence-corrected chi connectivity index (χ1v) is 5.33. The van der Waals surface area contributed by atoms with E-state index in [1.54, 1.807) is 6.33 Å². The molecule has 0 saturated heterocycles. The van der Waals surface area contributed by atoms with Crippen LogP contribution < -0.4 is 0 Å². The van der Waals surface area contributed by atoms with Crippen LogP contribution in [0, 0.1) is 0 Å². The lowest BCUT2D eigenvalue weighted by Crippen LogP contribution is -1.99. The Balaban J connectivity index is 2.36. The third kappa shape index (κ3) is 1.29. The highest BCUT2D eigenvalue weighted by atomic mass is 16.3. The Morgan fingerprint density at radius 1 is 1.12 bits per heavy atom. The van der Waals surface area contributed by atoms with Crippen LogP contribution in [-0.4, -0.2) is 21.3 Å². The summed E-state index contributed by atoms with van der Waals surface area (Å²) in [5.41, 5.74) is 2.08. The van der Waals surface area contributed by atoms with Crippen molar-refractivity contribution in [3.05, 3.63) is 42.7 Å². The highest BCUT2D eigenvalue weighted by molar-refractivity contribution is 6.04. The number of aliphatic hydroxyl groups is 1. The highest BCUT2D eigenvalue weighted by Gasteiger charge is 2.05. The van der Waals surface area contributed by atoms with Crippen LogP contribution in [0.5, 0.6) is 0 Å². The van der Waals surface area contributed by atoms with E-state index in [-0.39, 0.29) is 6.61 Å². The van der Waals surface area contributed by atoms with Gasteiger partial charge in [-0.2, -0.15) is 0 Å². The normalized spacial score (nSPS) is 11.3. The monoisotopic (exact) mass is 212 g/mol. The third-order valence-electron chi connectivity index (χ3n) is 2.86. The lowest BCUT2D eigenvalue weighted by Gasteiger charge is -2.02. The Morgan fingerprint density at radius 2 is 2.00 bits per heavy atom. The summed E-state index contributed by atoms with van der Waals surface area (Å²) >= 11 is 0. The molecular weight excluding hydrogens is 200 g/mol. The molecule has 0 saturated carbocycles. The minimum absolute atomic E-state index is 0.137. The third-order valence-corrected chi connectivity index (χ3v) is 2.86. The van der Waals surface area contributed by atoms with Crippen LogP contribution in [0.1, 0.15) is 0 Å². The molecule has 0 spiro atoms. The number of hydrogen-bond acceptors (Lipinski definition) is 2. The smallest absolute Gasteiger partial charge is 0.0963 e. The van der Waals surface area contributed by atoms with Crippen molar-refractivity contribution >= 4 is 21.8 Å². The zero-order valence-electron chi connectivity index (χ0n) is 8.80. The predicted octanol–water partition coefficient (Wildman–Crippen LogP) is 2.18. The molecule has 0 atom stereocenters. The summed E-state index contributed by atoms with van der Waals surface area (Å²) in [7, 11) is 0. The average molecular weight is 212 g/mol. The van der Waals surface area contributed by atoms with Gasteiger partial charge in [-0.1, -0.05) is 30.3 Å². The summed E-state index contributed by atoms with van der Waals surface area (Å²) < 4.78 is 1.97. The van der Waals surface area contributed by atoms with E-state index in [0.29, 0.717) is 6.54 Å². The summed E-state index contributed by atoms with van der Waals surface area (Å²) in [6.07, 6.45) is 1.79. The van der Waals surface area contributed by atoms with Gasteiger partial charge >= 0.3 is 0 Å². The van der Waals surface area contributed by atoms with Gasteiger partial charge in [-0.05, 0) is 11.5 Å². The Labute approximate surface area is 93.0 Å². The van der Waals surface area contributed by atoms with E-state index in [0.717, 1.165) is 16.4 Å². The molecule has 0 unspecified atom stereocenters. The van der Waals surface area contributed by atoms with Gasteiger partial charge in [0.2, 0.25) is 0 Å². The van der Waals surface area contributed by atoms with Crippen molar-refractivity contribution < 1.29 is 5.11 Å². The fraction of sp³-hybridized carbons (Fsp3) is 0.154. The molecule has 1 heterocycles. The summed E-state index contributed by atoms with van der Waals surface area (Å²) in [6.45, 7) is 0.729. The van der Waals surface area contributed by atoms with Crippen molar-refractivity contribution in [2.45, 2.75) is 6.54 Å². The van der Waals surface area contributed by atoms with Gasteiger partial charge in [0.25, 0.3) is 0 Å². The van der Waals surface area contributed by atoms with E-state index >= 15 is 0 Å². The molecule has 0 amide bonds. The molecule has 3 rings (SSSR count). The van der Waals surface area contributed by atoms with Gasteiger partial charge in [0.15, 0.2) is 0 Å². The predicted molar refractivity (Wildman–Crippen MR) is 64.3 cm³/mol. The van der Waals surface area contributed by atoms with E-state index in [4.69, 9.17) is 5.11 Å². The summed E-state index contributed by atoms with van der Waals surface area (Å²) in [4.78, 5) is 4.42. The van der Waals surface area contributed by atoms with E-state index in [2.05, 4.69) is 29.2 Å². The lowest BCUT2D eigenvalue weighted by atomic mass is 10.1. The number of aliphatic hydroxyl groups excluding tert-OH is 1. The SMILES string of the molecule is OCCn1cnc2c3ccccc3ccc21. The zero-order valence-corrected chi connectivity index (χ0v) is 8.80. The minimum atomic E-state index is 0.137. The molecule has 2 aromatic carbocycles. The number of aromatic nitrogens is 2. The van der Waals surface area contributed by atoms with Crippen LogP contribution in [0.3, 0.4) is 0 Å². The Bertz CT molecular complexity index is 643. The Hall–Kier alpha value is -1.87. The molecule has 1 aromatic heterocycles. The maximum absolute atomic E-state index is 8.96. The maximum Gasteiger partial charge on any atom is 0.0963 e. The molecule has 3 aromatic rings. The Kier molecular flexibility index (Phi) is 2.11. The molecule has 1 N–H and O–H groups in total. The second-order valence-electron chi connectivity index (χ2n) is 3.82. The van der Waals surface area contributed by atoms with Crippen molar-refractivity contribution in [3.8, 4) is 0 Å². The fourth-order valence-electron chi connectivity index (χ4n) is 2.09. The van der Waals surface area contributed by atoms with Gasteiger partial charge in [0, 0.05) is 11.9 Å². The van der Waals surface area contributed by atoms with Crippen LogP contribution in [0.15, 0.2) is 42.7 Å². The molecule has 16 heavy (non-hydrogen) atoms. The maximum atomic E-state index is 8.96. The Morgan fingerprint density at radius 3 is 2.88 bits per heavy atom. The molecular formula is C13H12N2O. The lowest BCUT2D eigenvalue weighted by molar-refractivity contribution is 0.278. The highest BCUT2D eigenvalue weighted by Crippen LogP contribution is 2.23. The quantitative estimate of drug-likeness (QED) is 0.707. The number of benzene rings is 2.